The average molecular weight is 1030 g/mol. The molecule has 4 aromatic carbocycles. The van der Waals surface area contributed by atoms with Gasteiger partial charge < -0.3 is 51.4 Å². The number of rotatable bonds is 27. The summed E-state index contributed by atoms with van der Waals surface area (Å²) in [7, 11) is 0. The predicted octanol–water partition coefficient (Wildman–Crippen LogP) is 12.1. The fraction of sp³-hybridized carbons (Fsp3) is 0.410. The van der Waals surface area contributed by atoms with Crippen LogP contribution in [0.2, 0.25) is 0 Å². The Balaban J connectivity index is 0.000000277. The first-order valence-corrected chi connectivity index (χ1v) is 26.4. The first-order chi connectivity index (χ1) is 36.4. The van der Waals surface area contributed by atoms with E-state index in [-0.39, 0.29) is 49.2 Å². The van der Waals surface area contributed by atoms with Crippen LogP contribution in [0.15, 0.2) is 122 Å². The van der Waals surface area contributed by atoms with E-state index in [2.05, 4.69) is 13.2 Å². The zero-order chi connectivity index (χ0) is 53.6. The van der Waals surface area contributed by atoms with Crippen molar-refractivity contribution < 1.29 is 47.6 Å². The van der Waals surface area contributed by atoms with Crippen LogP contribution in [0, 0.1) is 11.8 Å². The van der Waals surface area contributed by atoms with Crippen LogP contribution in [0.5, 0.6) is 11.5 Å². The Labute approximate surface area is 443 Å². The largest absolute Gasteiger partial charge is 0.458 e. The highest BCUT2D eigenvalue weighted by Gasteiger charge is 2.29. The minimum atomic E-state index is -0.487. The van der Waals surface area contributed by atoms with E-state index in [0.29, 0.717) is 45.4 Å². The molecule has 4 aromatic rings. The zero-order valence-electron chi connectivity index (χ0n) is 43.5. The molecule has 2 fully saturated rings. The Kier molecular flexibility index (Phi) is 25.8. The molecule has 75 heavy (non-hydrogen) atoms. The van der Waals surface area contributed by atoms with Gasteiger partial charge in [-0.25, -0.2) is 9.59 Å². The molecule has 2 aliphatic carbocycles. The minimum absolute atomic E-state index is 0.0638. The summed E-state index contributed by atoms with van der Waals surface area (Å²) in [4.78, 5) is 49.3. The molecule has 6 rings (SSSR count). The molecule has 0 saturated heterocycles. The van der Waals surface area contributed by atoms with Gasteiger partial charge in [0.25, 0.3) is 0 Å². The molecule has 0 spiro atoms. The van der Waals surface area contributed by atoms with Gasteiger partial charge >= 0.3 is 23.9 Å². The first-order valence-electron chi connectivity index (χ1n) is 26.4. The average Bonchev–Trinajstić information content (AvgIpc) is 3.41. The highest BCUT2D eigenvalue weighted by atomic mass is 16.5. The topological polar surface area (TPSA) is 228 Å². The van der Waals surface area contributed by atoms with Crippen molar-refractivity contribution in [3.63, 3.8) is 0 Å². The van der Waals surface area contributed by atoms with Crippen LogP contribution in [-0.2, 0) is 51.3 Å². The fourth-order valence-electron chi connectivity index (χ4n) is 8.65. The Morgan fingerprint density at radius 3 is 1.23 bits per heavy atom. The second-order valence-electron chi connectivity index (χ2n) is 19.1. The number of esters is 4. The summed E-state index contributed by atoms with van der Waals surface area (Å²) < 4.78 is 33.7. The monoisotopic (exact) mass is 1030 g/mol. The number of ether oxygens (including phenoxy) is 6. The maximum absolute atomic E-state index is 12.6. The molecule has 2 saturated carbocycles. The molecule has 0 aliphatic heterocycles. The molecule has 2 aliphatic rings. The van der Waals surface area contributed by atoms with Crippen molar-refractivity contribution >= 4 is 58.8 Å². The van der Waals surface area contributed by atoms with E-state index in [4.69, 9.17) is 51.4 Å². The van der Waals surface area contributed by atoms with Crippen molar-refractivity contribution in [3.05, 3.63) is 145 Å². The van der Waals surface area contributed by atoms with Crippen molar-refractivity contribution in [2.24, 2.45) is 11.8 Å². The Morgan fingerprint density at radius 2 is 0.853 bits per heavy atom. The number of carbonyl (C=O) groups is 4. The lowest BCUT2D eigenvalue weighted by atomic mass is 9.87. The summed E-state index contributed by atoms with van der Waals surface area (Å²) in [5.41, 5.74) is 28.1. The fourth-order valence-corrected chi connectivity index (χ4v) is 8.65. The number of carbonyl (C=O) groups excluding carboxylic acids is 4. The van der Waals surface area contributed by atoms with Gasteiger partial charge in [0.1, 0.15) is 24.7 Å². The van der Waals surface area contributed by atoms with Crippen molar-refractivity contribution in [1.82, 2.24) is 0 Å². The van der Waals surface area contributed by atoms with E-state index in [1.165, 1.54) is 31.4 Å². The minimum Gasteiger partial charge on any atom is -0.458 e. The standard InChI is InChI=1S/C31H40N2O5.C30H38N2O5/c1-2-3-4-5-6-7-20-36-27-17-12-24(13-18-27)31(35)38-28-15-8-23(9-16-28)10-19-30(34)37-22-25-11-14-26(32)21-29(25)33;1-2-3-4-5-6-19-35-26-16-11-23(12-17-26)30(34)37-27-14-7-22(8-15-27)9-18-29(33)36-21-24-10-13-25(31)20-28(24)32/h2,8-11,14-16,19,21,24,27H,1,3-7,12-13,17-18,20,22,32-33H2;2,7-10,13-15,18,20,23,26H,1,3-6,11-12,16-17,19,21,31-32H2/b19-10+;18-9+. The van der Waals surface area contributed by atoms with Crippen LogP contribution in [0.3, 0.4) is 0 Å². The third-order valence-corrected chi connectivity index (χ3v) is 13.2. The van der Waals surface area contributed by atoms with E-state index in [1.54, 1.807) is 97.1 Å². The van der Waals surface area contributed by atoms with Gasteiger partial charge in [-0.3, -0.25) is 9.59 Å². The molecule has 402 valence electrons. The summed E-state index contributed by atoms with van der Waals surface area (Å²) in [5, 5.41) is 0. The van der Waals surface area contributed by atoms with Crippen molar-refractivity contribution in [2.75, 3.05) is 36.1 Å². The summed E-state index contributed by atoms with van der Waals surface area (Å²) >= 11 is 0. The third kappa shape index (κ3) is 22.5. The van der Waals surface area contributed by atoms with E-state index >= 15 is 0 Å². The second-order valence-corrected chi connectivity index (χ2v) is 19.1. The molecule has 8 N–H and O–H groups in total. The van der Waals surface area contributed by atoms with E-state index in [0.717, 1.165) is 114 Å². The maximum Gasteiger partial charge on any atom is 0.331 e. The Morgan fingerprint density at radius 1 is 0.480 bits per heavy atom. The summed E-state index contributed by atoms with van der Waals surface area (Å²) in [5.74, 6) is -0.588. The normalized spacial score (nSPS) is 17.3. The molecule has 0 radical (unpaired) electrons. The molecule has 0 bridgehead atoms. The number of unbranched alkanes of at least 4 members (excludes halogenated alkanes) is 7. The van der Waals surface area contributed by atoms with Crippen LogP contribution < -0.4 is 32.4 Å². The maximum atomic E-state index is 12.6. The van der Waals surface area contributed by atoms with Crippen LogP contribution >= 0.6 is 0 Å². The number of allylic oxidation sites excluding steroid dienone is 2. The zero-order valence-corrected chi connectivity index (χ0v) is 43.5. The third-order valence-electron chi connectivity index (χ3n) is 13.2. The van der Waals surface area contributed by atoms with Gasteiger partial charge in [0, 0.05) is 59.2 Å². The van der Waals surface area contributed by atoms with Gasteiger partial charge in [-0.2, -0.15) is 0 Å². The van der Waals surface area contributed by atoms with Gasteiger partial charge in [0.05, 0.1) is 24.0 Å². The van der Waals surface area contributed by atoms with E-state index in [9.17, 15) is 19.2 Å². The molecule has 14 heteroatoms. The van der Waals surface area contributed by atoms with Crippen molar-refractivity contribution in [1.29, 1.82) is 0 Å². The summed E-state index contributed by atoms with van der Waals surface area (Å²) in [6, 6.07) is 24.2. The van der Waals surface area contributed by atoms with E-state index < -0.39 is 11.9 Å². The molecule has 0 aromatic heterocycles. The smallest absolute Gasteiger partial charge is 0.331 e. The number of nitrogen functional groups attached to an aromatic ring is 4. The van der Waals surface area contributed by atoms with E-state index in [1.807, 2.05) is 12.2 Å². The molecule has 0 atom stereocenters. The number of hydrogen-bond donors (Lipinski definition) is 4. The van der Waals surface area contributed by atoms with Gasteiger partial charge in [-0.05, 0) is 162 Å². The van der Waals surface area contributed by atoms with Crippen LogP contribution in [0.1, 0.15) is 131 Å². The molecular weight excluding hydrogens is 949 g/mol. The first kappa shape index (κ1) is 58.7. The highest BCUT2D eigenvalue weighted by molar-refractivity contribution is 5.88. The molecule has 0 amide bonds. The van der Waals surface area contributed by atoms with Gasteiger partial charge in [-0.1, -0.05) is 67.8 Å². The lowest BCUT2D eigenvalue weighted by Gasteiger charge is -2.27. The lowest BCUT2D eigenvalue weighted by Crippen LogP contribution is -2.29. The quantitative estimate of drug-likeness (QED) is 0.0109. The second kappa shape index (κ2) is 32.9. The molecular formula is C61H78N4O10. The number of hydrogen-bond acceptors (Lipinski definition) is 14. The summed E-state index contributed by atoms with van der Waals surface area (Å²) in [6.07, 6.45) is 27.3. The number of anilines is 4. The van der Waals surface area contributed by atoms with Crippen LogP contribution in [0.4, 0.5) is 22.7 Å². The predicted molar refractivity (Wildman–Crippen MR) is 298 cm³/mol. The SMILES string of the molecule is C=CCCCCCCOC1CCC(C(=O)Oc2ccc(/C=C/C(=O)OCc3ccc(N)cc3N)cc2)CC1.C=CCCCCCOC1CCC(C(=O)Oc2ccc(/C=C/C(=O)OCc3ccc(N)cc3N)cc2)CC1. The van der Waals surface area contributed by atoms with Crippen LogP contribution in [-0.4, -0.2) is 49.3 Å². The number of nitrogens with two attached hydrogens (primary N) is 4. The van der Waals surface area contributed by atoms with Gasteiger partial charge in [-0.15, -0.1) is 13.2 Å². The Hall–Kier alpha value is -7.16. The Bertz CT molecular complexity index is 2470. The van der Waals surface area contributed by atoms with Crippen LogP contribution in [0.25, 0.3) is 12.2 Å². The number of benzene rings is 4. The highest BCUT2D eigenvalue weighted by Crippen LogP contribution is 2.30. The van der Waals surface area contributed by atoms with Gasteiger partial charge in [0.15, 0.2) is 0 Å². The van der Waals surface area contributed by atoms with Gasteiger partial charge in [0.2, 0.25) is 0 Å². The molecule has 0 unspecified atom stereocenters. The lowest BCUT2D eigenvalue weighted by molar-refractivity contribution is -0.142. The van der Waals surface area contributed by atoms with Crippen molar-refractivity contribution in [2.45, 2.75) is 135 Å². The van der Waals surface area contributed by atoms with Crippen molar-refractivity contribution in [3.8, 4) is 11.5 Å². The molecule has 0 heterocycles. The summed E-state index contributed by atoms with van der Waals surface area (Å²) in [6.45, 7) is 9.20. The molecule has 14 nitrogen and oxygen atoms in total.